The van der Waals surface area contributed by atoms with Crippen LogP contribution < -0.4 is 0 Å². The third-order valence-corrected chi connectivity index (χ3v) is 7.01. The molecule has 0 radical (unpaired) electrons. The highest BCUT2D eigenvalue weighted by Crippen LogP contribution is 2.15. The molecule has 3 amide bonds. The normalized spacial score (nSPS) is 17.8. The second-order valence-electron chi connectivity index (χ2n) is 8.44. The molecule has 2 fully saturated rings. The number of amides is 3. The molecular formula is C24H30N4O3S. The molecule has 0 N–H and O–H groups in total. The van der Waals surface area contributed by atoms with Crippen LogP contribution in [0.1, 0.15) is 32.0 Å². The van der Waals surface area contributed by atoms with Gasteiger partial charge in [0, 0.05) is 57.9 Å². The number of rotatable bonds is 4. The van der Waals surface area contributed by atoms with Gasteiger partial charge < -0.3 is 14.7 Å². The first-order chi connectivity index (χ1) is 15.5. The molecule has 0 atom stereocenters. The lowest BCUT2D eigenvalue weighted by atomic mass is 10.1. The van der Waals surface area contributed by atoms with Gasteiger partial charge in [-0.25, -0.2) is 0 Å². The molecule has 0 aliphatic carbocycles. The van der Waals surface area contributed by atoms with Gasteiger partial charge in [-0.3, -0.25) is 19.3 Å². The molecule has 2 aliphatic heterocycles. The Morgan fingerprint density at radius 1 is 0.812 bits per heavy atom. The van der Waals surface area contributed by atoms with Gasteiger partial charge >= 0.3 is 0 Å². The maximum absolute atomic E-state index is 12.9. The number of thiophene rings is 1. The summed E-state index contributed by atoms with van der Waals surface area (Å²) in [6.07, 6.45) is 0.855. The maximum atomic E-state index is 12.9. The molecule has 1 aromatic heterocycles. The molecule has 4 rings (SSSR count). The van der Waals surface area contributed by atoms with Crippen LogP contribution in [0.4, 0.5) is 0 Å². The van der Waals surface area contributed by atoms with Crippen molar-refractivity contribution in [3.8, 4) is 0 Å². The predicted molar refractivity (Wildman–Crippen MR) is 125 cm³/mol. The molecule has 8 heteroatoms. The molecule has 0 spiro atoms. The Kier molecular flexibility index (Phi) is 7.22. The first kappa shape index (κ1) is 22.5. The number of hydrogen-bond donors (Lipinski definition) is 0. The van der Waals surface area contributed by atoms with Gasteiger partial charge in [-0.2, -0.15) is 0 Å². The fourth-order valence-electron chi connectivity index (χ4n) is 4.30. The zero-order valence-corrected chi connectivity index (χ0v) is 19.4. The summed E-state index contributed by atoms with van der Waals surface area (Å²) >= 11 is 1.45. The van der Waals surface area contributed by atoms with Gasteiger partial charge in [-0.1, -0.05) is 23.8 Å². The molecular weight excluding hydrogens is 424 g/mol. The summed E-state index contributed by atoms with van der Waals surface area (Å²) in [5.41, 5.74) is 1.81. The predicted octanol–water partition coefficient (Wildman–Crippen LogP) is 2.19. The largest absolute Gasteiger partial charge is 0.338 e. The highest BCUT2D eigenvalue weighted by atomic mass is 32.1. The van der Waals surface area contributed by atoms with Crippen LogP contribution in [0.5, 0.6) is 0 Å². The van der Waals surface area contributed by atoms with Crippen LogP contribution >= 0.6 is 11.3 Å². The van der Waals surface area contributed by atoms with Crippen molar-refractivity contribution in [3.05, 3.63) is 57.8 Å². The summed E-state index contributed by atoms with van der Waals surface area (Å²) in [5.74, 6) is 0.220. The third kappa shape index (κ3) is 5.37. The van der Waals surface area contributed by atoms with Gasteiger partial charge in [-0.15, -0.1) is 11.3 Å². The lowest BCUT2D eigenvalue weighted by Crippen LogP contribution is -2.52. The van der Waals surface area contributed by atoms with Gasteiger partial charge in [0.1, 0.15) is 0 Å². The average molecular weight is 455 g/mol. The fourth-order valence-corrected chi connectivity index (χ4v) is 4.99. The number of carbonyl (C=O) groups excluding carboxylic acids is 3. The number of piperazine rings is 1. The quantitative estimate of drug-likeness (QED) is 0.711. The van der Waals surface area contributed by atoms with E-state index in [0.29, 0.717) is 52.4 Å². The van der Waals surface area contributed by atoms with Crippen molar-refractivity contribution in [2.75, 3.05) is 58.9 Å². The number of hydrogen-bond acceptors (Lipinski definition) is 5. The van der Waals surface area contributed by atoms with E-state index in [2.05, 4.69) is 4.90 Å². The Labute approximate surface area is 193 Å². The Balaban J connectivity index is 1.25. The molecule has 0 unspecified atom stereocenters. The van der Waals surface area contributed by atoms with E-state index in [1.165, 1.54) is 11.3 Å². The monoisotopic (exact) mass is 454 g/mol. The number of nitrogens with zero attached hydrogens (tertiary/aromatic N) is 4. The highest BCUT2D eigenvalue weighted by Gasteiger charge is 2.27. The van der Waals surface area contributed by atoms with Crippen molar-refractivity contribution in [1.29, 1.82) is 0 Å². The molecule has 170 valence electrons. The number of carbonyl (C=O) groups is 3. The summed E-state index contributed by atoms with van der Waals surface area (Å²) in [7, 11) is 0. The minimum Gasteiger partial charge on any atom is -0.338 e. The van der Waals surface area contributed by atoms with Crippen LogP contribution in [0.15, 0.2) is 41.8 Å². The van der Waals surface area contributed by atoms with E-state index in [1.807, 2.05) is 63.4 Å². The molecule has 0 bridgehead atoms. The second kappa shape index (κ2) is 10.3. The minimum absolute atomic E-state index is 0.0537. The van der Waals surface area contributed by atoms with Gasteiger partial charge in [0.25, 0.3) is 11.8 Å². The molecule has 2 aliphatic rings. The molecule has 0 saturated carbocycles. The SMILES string of the molecule is Cc1cccc(C(=O)N2CCCN(CC(=O)N3CCN(C(=O)c4cccs4)CC3)CC2)c1. The molecule has 2 saturated heterocycles. The Bertz CT molecular complexity index is 954. The van der Waals surface area contributed by atoms with Crippen LogP contribution in [0, 0.1) is 6.92 Å². The lowest BCUT2D eigenvalue weighted by molar-refractivity contribution is -0.133. The average Bonchev–Trinajstić information content (AvgIpc) is 3.25. The molecule has 3 heterocycles. The topological polar surface area (TPSA) is 64.2 Å². The van der Waals surface area contributed by atoms with Gasteiger partial charge in [-0.05, 0) is 36.9 Å². The Morgan fingerprint density at radius 2 is 1.53 bits per heavy atom. The molecule has 2 aromatic rings. The standard InChI is InChI=1S/C24H30N4O3S/c1-19-5-2-6-20(17-19)23(30)27-9-4-8-25(10-11-27)18-22(29)26-12-14-28(15-13-26)24(31)21-7-3-16-32-21/h2-3,5-7,16-17H,4,8-15,18H2,1H3. The summed E-state index contributed by atoms with van der Waals surface area (Å²) in [6, 6.07) is 11.4. The van der Waals surface area contributed by atoms with E-state index in [1.54, 1.807) is 0 Å². The Morgan fingerprint density at radius 3 is 2.25 bits per heavy atom. The lowest BCUT2D eigenvalue weighted by Gasteiger charge is -2.35. The van der Waals surface area contributed by atoms with E-state index in [4.69, 9.17) is 0 Å². The zero-order valence-electron chi connectivity index (χ0n) is 18.5. The van der Waals surface area contributed by atoms with Crippen LogP contribution in [0.2, 0.25) is 0 Å². The Hall–Kier alpha value is -2.71. The molecule has 7 nitrogen and oxygen atoms in total. The zero-order chi connectivity index (χ0) is 22.5. The van der Waals surface area contributed by atoms with E-state index < -0.39 is 0 Å². The first-order valence-electron chi connectivity index (χ1n) is 11.2. The summed E-state index contributed by atoms with van der Waals surface area (Å²) in [4.78, 5) is 46.7. The van der Waals surface area contributed by atoms with E-state index >= 15 is 0 Å². The van der Waals surface area contributed by atoms with E-state index in [-0.39, 0.29) is 17.7 Å². The fraction of sp³-hybridized carbons (Fsp3) is 0.458. The first-order valence-corrected chi connectivity index (χ1v) is 12.1. The second-order valence-corrected chi connectivity index (χ2v) is 9.39. The summed E-state index contributed by atoms with van der Waals surface area (Å²) < 4.78 is 0. The van der Waals surface area contributed by atoms with Gasteiger partial charge in [0.2, 0.25) is 5.91 Å². The van der Waals surface area contributed by atoms with Gasteiger partial charge in [0.15, 0.2) is 0 Å². The van der Waals surface area contributed by atoms with Crippen molar-refractivity contribution in [1.82, 2.24) is 19.6 Å². The van der Waals surface area contributed by atoms with Crippen LogP contribution in [-0.4, -0.2) is 96.2 Å². The number of aryl methyl sites for hydroxylation is 1. The maximum Gasteiger partial charge on any atom is 0.264 e. The van der Waals surface area contributed by atoms with Crippen molar-refractivity contribution < 1.29 is 14.4 Å². The van der Waals surface area contributed by atoms with Crippen LogP contribution in [0.3, 0.4) is 0 Å². The van der Waals surface area contributed by atoms with E-state index in [9.17, 15) is 14.4 Å². The van der Waals surface area contributed by atoms with Crippen molar-refractivity contribution in [3.63, 3.8) is 0 Å². The summed E-state index contributed by atoms with van der Waals surface area (Å²) in [6.45, 7) is 7.48. The van der Waals surface area contributed by atoms with Crippen molar-refractivity contribution in [2.45, 2.75) is 13.3 Å². The van der Waals surface area contributed by atoms with Crippen molar-refractivity contribution >= 4 is 29.1 Å². The van der Waals surface area contributed by atoms with Gasteiger partial charge in [0.05, 0.1) is 11.4 Å². The molecule has 1 aromatic carbocycles. The minimum atomic E-state index is 0.0537. The van der Waals surface area contributed by atoms with Crippen LogP contribution in [0.25, 0.3) is 0 Å². The van der Waals surface area contributed by atoms with E-state index in [0.717, 1.165) is 29.0 Å². The smallest absolute Gasteiger partial charge is 0.264 e. The number of benzene rings is 1. The molecule has 32 heavy (non-hydrogen) atoms. The highest BCUT2D eigenvalue weighted by molar-refractivity contribution is 7.12. The van der Waals surface area contributed by atoms with Crippen molar-refractivity contribution in [2.24, 2.45) is 0 Å². The van der Waals surface area contributed by atoms with Crippen LogP contribution in [-0.2, 0) is 4.79 Å². The summed E-state index contributed by atoms with van der Waals surface area (Å²) in [5, 5.41) is 1.91. The third-order valence-electron chi connectivity index (χ3n) is 6.15.